The maximum Gasteiger partial charge on any atom is 0.0853 e. The van der Waals surface area contributed by atoms with Crippen LogP contribution in [-0.2, 0) is 0 Å². The second kappa shape index (κ2) is 10.7. The lowest BCUT2D eigenvalue weighted by molar-refractivity contribution is 1.09. The molecule has 0 aliphatic rings. The van der Waals surface area contributed by atoms with Crippen molar-refractivity contribution in [2.24, 2.45) is 0 Å². The van der Waals surface area contributed by atoms with Crippen molar-refractivity contribution in [1.29, 1.82) is 0 Å². The van der Waals surface area contributed by atoms with Gasteiger partial charge < -0.3 is 0 Å². The topological polar surface area (TPSA) is 0 Å². The fourth-order valence-corrected chi connectivity index (χ4v) is 9.81. The van der Waals surface area contributed by atoms with Gasteiger partial charge in [-0.05, 0) is 22.3 Å². The van der Waals surface area contributed by atoms with Gasteiger partial charge in [0.15, 0.2) is 0 Å². The van der Waals surface area contributed by atoms with E-state index in [0.717, 1.165) is 0 Å². The van der Waals surface area contributed by atoms with Crippen molar-refractivity contribution in [2.45, 2.75) is 13.6 Å². The Kier molecular flexibility index (Phi) is 7.78. The Morgan fingerprint density at radius 3 is 0.871 bits per heavy atom. The molecule has 4 aromatic carbocycles. The van der Waals surface area contributed by atoms with Crippen LogP contribution in [0.15, 0.2) is 121 Å². The lowest BCUT2D eigenvalue weighted by Crippen LogP contribution is -2.37. The number of rotatable bonds is 8. The van der Waals surface area contributed by atoms with Crippen LogP contribution in [0, 0.1) is 0 Å². The average molecular weight is 562 g/mol. The van der Waals surface area contributed by atoms with Gasteiger partial charge in [-0.3, -0.25) is 0 Å². The third-order valence-corrected chi connectivity index (χ3v) is 11.4. The lowest BCUT2D eigenvalue weighted by atomic mass is 10.0. The van der Waals surface area contributed by atoms with Crippen LogP contribution in [0.2, 0.25) is 0 Å². The normalized spacial score (nSPS) is 11.7. The van der Waals surface area contributed by atoms with Crippen molar-refractivity contribution < 1.29 is 0 Å². The molecule has 0 unspecified atom stereocenters. The minimum atomic E-state index is -0.160. The molecule has 31 heavy (non-hydrogen) atoms. The van der Waals surface area contributed by atoms with Crippen LogP contribution >= 0.6 is 31.9 Å². The van der Waals surface area contributed by atoms with Crippen LogP contribution in [0.3, 0.4) is 0 Å². The first kappa shape index (κ1) is 22.5. The molecule has 4 radical (unpaired) electrons. The Labute approximate surface area is 207 Å². The molecule has 0 nitrogen and oxygen atoms in total. The van der Waals surface area contributed by atoms with E-state index in [0.29, 0.717) is 30.1 Å². The molecule has 152 valence electrons. The van der Waals surface area contributed by atoms with Gasteiger partial charge in [-0.25, -0.2) is 0 Å². The smallest absolute Gasteiger partial charge is 0.0813 e. The second-order valence-electron chi connectivity index (χ2n) is 7.37. The lowest BCUT2D eigenvalue weighted by Gasteiger charge is -2.30. The number of hydrogen-bond donors (Lipinski definition) is 0. The molecule has 4 rings (SSSR count). The fraction of sp³-hybridized carbons (Fsp3) is 0.111. The summed E-state index contributed by atoms with van der Waals surface area (Å²) in [5.74, 6) is 0. The molecular formula is C27H22Br2Si2. The highest BCUT2D eigenvalue weighted by atomic mass is 79.9. The molecule has 0 aliphatic heterocycles. The summed E-state index contributed by atoms with van der Waals surface area (Å²) < 4.78 is -0.160. The highest BCUT2D eigenvalue weighted by Crippen LogP contribution is 2.38. The Morgan fingerprint density at radius 2 is 0.645 bits per heavy atom. The molecule has 0 spiro atoms. The molecule has 0 amide bonds. The summed E-state index contributed by atoms with van der Waals surface area (Å²) in [5.41, 5.74) is 6.10. The van der Waals surface area contributed by atoms with Gasteiger partial charge in [-0.15, -0.1) is 0 Å². The minimum absolute atomic E-state index is 0.160. The highest BCUT2D eigenvalue weighted by molar-refractivity contribution is 9.27. The van der Waals surface area contributed by atoms with Gasteiger partial charge in [0.05, 0.1) is 21.5 Å². The fourth-order valence-electron chi connectivity index (χ4n) is 3.70. The van der Waals surface area contributed by atoms with E-state index in [9.17, 15) is 0 Å². The van der Waals surface area contributed by atoms with Gasteiger partial charge in [0.2, 0.25) is 0 Å². The third-order valence-electron chi connectivity index (χ3n) is 5.18. The van der Waals surface area contributed by atoms with E-state index in [1.165, 1.54) is 22.3 Å². The number of alkyl halides is 2. The molecule has 0 N–H and O–H groups in total. The van der Waals surface area contributed by atoms with E-state index in [2.05, 4.69) is 153 Å². The highest BCUT2D eigenvalue weighted by Gasteiger charge is 2.34. The average Bonchev–Trinajstić information content (AvgIpc) is 2.83. The van der Waals surface area contributed by atoms with Crippen LogP contribution in [0.1, 0.15) is 33.3 Å². The molecule has 0 aliphatic carbocycles. The summed E-state index contributed by atoms with van der Waals surface area (Å²) in [6, 6.07) is 43.4. The van der Waals surface area contributed by atoms with Crippen molar-refractivity contribution >= 4 is 50.9 Å². The van der Waals surface area contributed by atoms with Crippen LogP contribution in [0.5, 0.6) is 0 Å². The number of benzene rings is 4. The molecule has 0 aromatic heterocycles. The molecule has 0 fully saturated rings. The molecule has 0 heterocycles. The van der Waals surface area contributed by atoms with E-state index in [-0.39, 0.29) is 2.48 Å². The predicted octanol–water partition coefficient (Wildman–Crippen LogP) is 7.38. The van der Waals surface area contributed by atoms with Gasteiger partial charge in [0.25, 0.3) is 0 Å². The van der Waals surface area contributed by atoms with Crippen molar-refractivity contribution in [3.8, 4) is 0 Å². The summed E-state index contributed by atoms with van der Waals surface area (Å²) >= 11 is 8.23. The Balaban J connectivity index is 1.65. The zero-order valence-corrected chi connectivity index (χ0v) is 22.1. The molecule has 0 saturated heterocycles. The van der Waals surface area contributed by atoms with E-state index < -0.39 is 0 Å². The summed E-state index contributed by atoms with van der Waals surface area (Å²) in [7, 11) is 1.27. The maximum absolute atomic E-state index is 4.11. The van der Waals surface area contributed by atoms with Crippen molar-refractivity contribution in [3.05, 3.63) is 144 Å². The predicted molar refractivity (Wildman–Crippen MR) is 142 cm³/mol. The Morgan fingerprint density at radius 1 is 0.419 bits per heavy atom. The van der Waals surface area contributed by atoms with E-state index in [1.54, 1.807) is 0 Å². The van der Waals surface area contributed by atoms with Gasteiger partial charge in [0.1, 0.15) is 0 Å². The number of halogens is 2. The first-order valence-corrected chi connectivity index (χ1v) is 14.0. The summed E-state index contributed by atoms with van der Waals surface area (Å²) in [4.78, 5) is 0. The molecule has 0 saturated carbocycles. The third kappa shape index (κ3) is 6.16. The van der Waals surface area contributed by atoms with Crippen LogP contribution in [0.25, 0.3) is 0 Å². The van der Waals surface area contributed by atoms with Crippen LogP contribution in [-0.4, -0.2) is 21.5 Å². The molecule has 4 heteroatoms. The zero-order valence-electron chi connectivity index (χ0n) is 17.0. The van der Waals surface area contributed by atoms with Crippen molar-refractivity contribution in [2.75, 3.05) is 0 Å². The summed E-state index contributed by atoms with van der Waals surface area (Å²) in [6.07, 6.45) is 0. The standard InChI is InChI=1S/C27H22Br2Si2/c28-27(29,30-25(21-13-5-1-6-14-21)22-15-7-2-8-16-22)31-26(23-17-9-3-10-18-23)24-19-11-4-12-20-24/h1-20,25-26H. The van der Waals surface area contributed by atoms with Gasteiger partial charge >= 0.3 is 0 Å². The monoisotopic (exact) mass is 560 g/mol. The van der Waals surface area contributed by atoms with Crippen molar-refractivity contribution in [3.63, 3.8) is 0 Å². The molecule has 0 bridgehead atoms. The molecule has 0 atom stereocenters. The minimum Gasteiger partial charge on any atom is -0.0813 e. The Bertz CT molecular complexity index is 889. The summed E-state index contributed by atoms with van der Waals surface area (Å²) in [6.45, 7) is 0. The Hall–Kier alpha value is -1.73. The van der Waals surface area contributed by atoms with Gasteiger partial charge in [-0.2, -0.15) is 0 Å². The van der Waals surface area contributed by atoms with Gasteiger partial charge in [-0.1, -0.05) is 153 Å². The largest absolute Gasteiger partial charge is 0.0853 e. The number of hydrogen-bond acceptors (Lipinski definition) is 0. The van der Waals surface area contributed by atoms with Crippen LogP contribution < -0.4 is 0 Å². The van der Waals surface area contributed by atoms with E-state index >= 15 is 0 Å². The first-order valence-electron chi connectivity index (χ1n) is 10.3. The van der Waals surface area contributed by atoms with Gasteiger partial charge in [0, 0.05) is 11.1 Å². The zero-order chi connectivity index (χ0) is 21.5. The van der Waals surface area contributed by atoms with Crippen LogP contribution in [0.4, 0.5) is 0 Å². The molecular weight excluding hydrogens is 540 g/mol. The second-order valence-corrected chi connectivity index (χ2v) is 17.5. The SMILES string of the molecule is BrC(Br)([Si]C(c1ccccc1)c1ccccc1)[Si]C(c1ccccc1)c1ccccc1. The van der Waals surface area contributed by atoms with E-state index in [1.807, 2.05) is 0 Å². The quantitative estimate of drug-likeness (QED) is 0.155. The van der Waals surface area contributed by atoms with E-state index in [4.69, 9.17) is 0 Å². The first-order chi connectivity index (χ1) is 15.1. The molecule has 4 aromatic rings. The summed E-state index contributed by atoms with van der Waals surface area (Å²) in [5, 5.41) is 0. The maximum atomic E-state index is 4.11. The van der Waals surface area contributed by atoms with Crippen molar-refractivity contribution in [1.82, 2.24) is 0 Å².